The van der Waals surface area contributed by atoms with Gasteiger partial charge in [0.25, 0.3) is 0 Å². The molecule has 0 saturated carbocycles. The summed E-state index contributed by atoms with van der Waals surface area (Å²) < 4.78 is 12.7. The van der Waals surface area contributed by atoms with Gasteiger partial charge >= 0.3 is 0 Å². The average molecular weight is 527 g/mol. The molecular weight excluding hydrogens is 500 g/mol. The Morgan fingerprint density at radius 3 is 2.74 bits per heavy atom. The van der Waals surface area contributed by atoms with Crippen LogP contribution >= 0.6 is 15.9 Å². The highest BCUT2D eigenvalue weighted by Crippen LogP contribution is 2.32. The number of aromatic nitrogens is 2. The molecule has 0 atom stereocenters. The summed E-state index contributed by atoms with van der Waals surface area (Å²) in [5.74, 6) is 0.654. The first-order valence-corrected chi connectivity index (χ1v) is 12.2. The van der Waals surface area contributed by atoms with E-state index in [4.69, 9.17) is 20.2 Å². The Balaban J connectivity index is 1.46. The summed E-state index contributed by atoms with van der Waals surface area (Å²) in [7, 11) is 0. The number of hydrogen-bond donors (Lipinski definition) is 3. The number of nitrogens with zero attached hydrogens (tertiary/aromatic N) is 3. The molecule has 3 heterocycles. The van der Waals surface area contributed by atoms with Crippen LogP contribution in [0.15, 0.2) is 41.0 Å². The van der Waals surface area contributed by atoms with Crippen LogP contribution in [0.4, 0.5) is 17.3 Å². The second-order valence-corrected chi connectivity index (χ2v) is 9.38. The lowest BCUT2D eigenvalue weighted by molar-refractivity contribution is 0.100. The lowest BCUT2D eigenvalue weighted by Crippen LogP contribution is -2.36. The van der Waals surface area contributed by atoms with Crippen molar-refractivity contribution in [2.45, 2.75) is 18.9 Å². The van der Waals surface area contributed by atoms with E-state index in [0.717, 1.165) is 65.8 Å². The Bertz CT molecular complexity index is 1190. The summed E-state index contributed by atoms with van der Waals surface area (Å²) in [5.41, 5.74) is 8.36. The van der Waals surface area contributed by atoms with Crippen LogP contribution in [0, 0.1) is 0 Å². The van der Waals surface area contributed by atoms with Crippen molar-refractivity contribution >= 4 is 50.1 Å². The Kier molecular flexibility index (Phi) is 6.80. The third-order valence-corrected chi connectivity index (χ3v) is 6.49. The van der Waals surface area contributed by atoms with Gasteiger partial charge in [-0.1, -0.05) is 15.9 Å². The highest BCUT2D eigenvalue weighted by molar-refractivity contribution is 9.10. The van der Waals surface area contributed by atoms with Gasteiger partial charge in [-0.25, -0.2) is 9.97 Å². The maximum Gasteiger partial charge on any atom is 0.248 e. The number of rotatable bonds is 6. The topological polar surface area (TPSA) is 115 Å². The second kappa shape index (κ2) is 10.1. The van der Waals surface area contributed by atoms with E-state index in [1.165, 1.54) is 0 Å². The molecule has 2 aliphatic heterocycles. The van der Waals surface area contributed by atoms with Gasteiger partial charge < -0.3 is 30.7 Å². The molecule has 1 aromatic heterocycles. The van der Waals surface area contributed by atoms with Crippen molar-refractivity contribution < 1.29 is 14.3 Å². The van der Waals surface area contributed by atoms with Gasteiger partial charge in [-0.15, -0.1) is 0 Å². The number of amides is 1. The molecule has 0 radical (unpaired) electrons. The fourth-order valence-corrected chi connectivity index (χ4v) is 4.73. The van der Waals surface area contributed by atoms with Crippen molar-refractivity contribution in [1.29, 1.82) is 0 Å². The molecule has 4 N–H and O–H groups in total. The maximum absolute atomic E-state index is 12.0. The van der Waals surface area contributed by atoms with Gasteiger partial charge in [-0.2, -0.15) is 0 Å². The van der Waals surface area contributed by atoms with Crippen LogP contribution in [0.2, 0.25) is 0 Å². The summed E-state index contributed by atoms with van der Waals surface area (Å²) in [5, 5.41) is 7.49. The third kappa shape index (κ3) is 5.24. The van der Waals surface area contributed by atoms with Gasteiger partial charge in [0.2, 0.25) is 11.9 Å². The second-order valence-electron chi connectivity index (χ2n) is 8.46. The number of fused-ring (bicyclic) bond motifs is 1. The van der Waals surface area contributed by atoms with Crippen molar-refractivity contribution in [1.82, 2.24) is 15.3 Å². The molecule has 3 aromatic rings. The zero-order chi connectivity index (χ0) is 23.5. The van der Waals surface area contributed by atoms with Crippen LogP contribution in [0.3, 0.4) is 0 Å². The van der Waals surface area contributed by atoms with E-state index in [1.54, 1.807) is 12.3 Å². The summed E-state index contributed by atoms with van der Waals surface area (Å²) in [6.45, 7) is 4.68. The Morgan fingerprint density at radius 1 is 1.18 bits per heavy atom. The monoisotopic (exact) mass is 526 g/mol. The van der Waals surface area contributed by atoms with Gasteiger partial charge in [0.15, 0.2) is 0 Å². The number of benzene rings is 2. The molecule has 9 nitrogen and oxygen atoms in total. The molecule has 2 aliphatic rings. The Labute approximate surface area is 206 Å². The number of hydrogen-bond acceptors (Lipinski definition) is 8. The lowest BCUT2D eigenvalue weighted by atomic mass is 10.1. The summed E-state index contributed by atoms with van der Waals surface area (Å²) in [6, 6.07) is 9.42. The van der Waals surface area contributed by atoms with Gasteiger partial charge in [0, 0.05) is 46.1 Å². The molecule has 10 heteroatoms. The van der Waals surface area contributed by atoms with E-state index < -0.39 is 5.91 Å². The zero-order valence-corrected chi connectivity index (χ0v) is 20.3. The first kappa shape index (κ1) is 22.8. The average Bonchev–Trinajstić information content (AvgIpc) is 2.85. The Morgan fingerprint density at radius 2 is 1.97 bits per heavy atom. The predicted molar refractivity (Wildman–Crippen MR) is 135 cm³/mol. The summed E-state index contributed by atoms with van der Waals surface area (Å²) in [6.07, 6.45) is 3.82. The van der Waals surface area contributed by atoms with E-state index in [-0.39, 0.29) is 6.10 Å². The van der Waals surface area contributed by atoms with Crippen LogP contribution in [0.5, 0.6) is 5.75 Å². The molecule has 2 fully saturated rings. The minimum Gasteiger partial charge on any atom is -0.488 e. The Hall–Kier alpha value is -2.95. The van der Waals surface area contributed by atoms with Crippen molar-refractivity contribution in [3.63, 3.8) is 0 Å². The smallest absolute Gasteiger partial charge is 0.248 e. The molecule has 0 spiro atoms. The van der Waals surface area contributed by atoms with Crippen molar-refractivity contribution in [3.05, 3.63) is 46.6 Å². The van der Waals surface area contributed by atoms with Crippen molar-refractivity contribution in [3.8, 4) is 5.75 Å². The maximum atomic E-state index is 12.0. The van der Waals surface area contributed by atoms with E-state index in [2.05, 4.69) is 36.4 Å². The fourth-order valence-electron chi connectivity index (χ4n) is 4.28. The number of carbonyl (C=O) groups is 1. The van der Waals surface area contributed by atoms with Crippen LogP contribution in [0.1, 0.15) is 23.2 Å². The lowest BCUT2D eigenvalue weighted by Gasteiger charge is -2.29. The van der Waals surface area contributed by atoms with Crippen molar-refractivity contribution in [2.75, 3.05) is 49.6 Å². The molecule has 0 bridgehead atoms. The number of halogens is 1. The largest absolute Gasteiger partial charge is 0.488 e. The van der Waals surface area contributed by atoms with Gasteiger partial charge in [0.1, 0.15) is 17.4 Å². The molecule has 0 unspecified atom stereocenters. The van der Waals surface area contributed by atoms with Gasteiger partial charge in [-0.3, -0.25) is 4.79 Å². The molecule has 34 heavy (non-hydrogen) atoms. The summed E-state index contributed by atoms with van der Waals surface area (Å²) in [4.78, 5) is 23.4. The minimum atomic E-state index is -0.486. The standard InChI is InChI=1S/C24H27BrN6O3/c25-17-9-16-14-28-24(30-22(16)21(12-17)34-20-1-3-27-4-2-20)29-18-10-15(23(26)32)11-19(13-18)31-5-7-33-8-6-31/h9-14,20,27H,1-8H2,(H2,26,32)(H,28,29,30). The number of primary amides is 1. The number of nitrogens with one attached hydrogen (secondary N) is 2. The number of ether oxygens (including phenoxy) is 2. The molecule has 2 saturated heterocycles. The van der Waals surface area contributed by atoms with Gasteiger partial charge in [-0.05, 0) is 56.3 Å². The highest BCUT2D eigenvalue weighted by Gasteiger charge is 2.18. The normalized spacial score (nSPS) is 17.0. The molecule has 1 amide bonds. The quantitative estimate of drug-likeness (QED) is 0.448. The first-order valence-electron chi connectivity index (χ1n) is 11.4. The fraction of sp³-hybridized carbons (Fsp3) is 0.375. The summed E-state index contributed by atoms with van der Waals surface area (Å²) >= 11 is 3.57. The number of carbonyl (C=O) groups excluding carboxylic acids is 1. The van der Waals surface area contributed by atoms with E-state index in [0.29, 0.717) is 30.4 Å². The van der Waals surface area contributed by atoms with E-state index in [9.17, 15) is 4.79 Å². The predicted octanol–water partition coefficient (Wildman–Crippen LogP) is 3.20. The van der Waals surface area contributed by atoms with Crippen LogP contribution < -0.4 is 26.0 Å². The number of morpholine rings is 1. The van der Waals surface area contributed by atoms with E-state index in [1.807, 2.05) is 24.3 Å². The molecule has 178 valence electrons. The van der Waals surface area contributed by atoms with Crippen molar-refractivity contribution in [2.24, 2.45) is 5.73 Å². The molecule has 2 aromatic carbocycles. The van der Waals surface area contributed by atoms with Crippen LogP contribution in [-0.2, 0) is 4.74 Å². The third-order valence-electron chi connectivity index (χ3n) is 6.03. The molecule has 5 rings (SSSR count). The molecular formula is C24H27BrN6O3. The number of piperidine rings is 1. The number of nitrogens with two attached hydrogens (primary N) is 1. The van der Waals surface area contributed by atoms with Crippen LogP contribution in [-0.4, -0.2) is 61.4 Å². The minimum absolute atomic E-state index is 0.147. The highest BCUT2D eigenvalue weighted by atomic mass is 79.9. The van der Waals surface area contributed by atoms with Gasteiger partial charge in [0.05, 0.1) is 13.2 Å². The number of anilines is 3. The van der Waals surface area contributed by atoms with Crippen LogP contribution in [0.25, 0.3) is 10.9 Å². The molecule has 0 aliphatic carbocycles. The first-order chi connectivity index (χ1) is 16.5. The SMILES string of the molecule is NC(=O)c1cc(Nc2ncc3cc(Br)cc(OC4CCNCC4)c3n2)cc(N2CCOCC2)c1. The zero-order valence-electron chi connectivity index (χ0n) is 18.7. The van der Waals surface area contributed by atoms with E-state index >= 15 is 0 Å².